The van der Waals surface area contributed by atoms with Crippen LogP contribution in [0.2, 0.25) is 0 Å². The second kappa shape index (κ2) is 4.17. The molecule has 16 heavy (non-hydrogen) atoms. The van der Waals surface area contributed by atoms with E-state index in [4.69, 9.17) is 0 Å². The number of rotatable bonds is 4. The van der Waals surface area contributed by atoms with Gasteiger partial charge in [-0.15, -0.1) is 0 Å². The highest BCUT2D eigenvalue weighted by atomic mass is 32.2. The van der Waals surface area contributed by atoms with Gasteiger partial charge in [0.15, 0.2) is 0 Å². The van der Waals surface area contributed by atoms with Crippen molar-refractivity contribution in [3.05, 3.63) is 30.5 Å². The largest absolute Gasteiger partial charge is 0.359 e. The van der Waals surface area contributed by atoms with Crippen LogP contribution in [0.5, 0.6) is 0 Å². The third-order valence-corrected chi connectivity index (χ3v) is 3.80. The summed E-state index contributed by atoms with van der Waals surface area (Å²) in [5.41, 5.74) is 1.43. The van der Waals surface area contributed by atoms with Crippen molar-refractivity contribution in [2.75, 3.05) is 10.5 Å². The van der Waals surface area contributed by atoms with Gasteiger partial charge >= 0.3 is 0 Å². The van der Waals surface area contributed by atoms with E-state index in [0.717, 1.165) is 10.9 Å². The van der Waals surface area contributed by atoms with E-state index in [0.29, 0.717) is 12.1 Å². The molecular formula is C11H14N2O2S. The molecule has 2 rings (SSSR count). The molecule has 0 aliphatic carbocycles. The third kappa shape index (κ3) is 2.19. The average molecular weight is 238 g/mol. The SMILES string of the molecule is CCCS(=O)(=O)Nc1cccc2cc[nH]c12. The van der Waals surface area contributed by atoms with Crippen LogP contribution in [0, 0.1) is 0 Å². The number of para-hydroxylation sites is 1. The van der Waals surface area contributed by atoms with E-state index < -0.39 is 10.0 Å². The Hall–Kier alpha value is -1.49. The monoisotopic (exact) mass is 238 g/mol. The molecule has 0 atom stereocenters. The number of aromatic nitrogens is 1. The molecule has 4 nitrogen and oxygen atoms in total. The Balaban J connectivity index is 2.38. The van der Waals surface area contributed by atoms with Crippen molar-refractivity contribution in [1.29, 1.82) is 0 Å². The predicted molar refractivity (Wildman–Crippen MR) is 66.0 cm³/mol. The summed E-state index contributed by atoms with van der Waals surface area (Å²) in [6, 6.07) is 7.43. The van der Waals surface area contributed by atoms with E-state index in [9.17, 15) is 8.42 Å². The molecule has 0 spiro atoms. The number of hydrogen-bond acceptors (Lipinski definition) is 2. The first-order valence-corrected chi connectivity index (χ1v) is 6.84. The first-order valence-electron chi connectivity index (χ1n) is 5.19. The fourth-order valence-electron chi connectivity index (χ4n) is 1.66. The fourth-order valence-corrected chi connectivity index (χ4v) is 2.80. The van der Waals surface area contributed by atoms with Gasteiger partial charge in [0, 0.05) is 11.6 Å². The summed E-state index contributed by atoms with van der Waals surface area (Å²) >= 11 is 0. The number of benzene rings is 1. The molecule has 0 aliphatic rings. The van der Waals surface area contributed by atoms with Crippen molar-refractivity contribution in [2.45, 2.75) is 13.3 Å². The highest BCUT2D eigenvalue weighted by molar-refractivity contribution is 7.92. The number of hydrogen-bond donors (Lipinski definition) is 2. The Morgan fingerprint density at radius 2 is 2.12 bits per heavy atom. The lowest BCUT2D eigenvalue weighted by Gasteiger charge is -2.07. The van der Waals surface area contributed by atoms with Gasteiger partial charge in [-0.3, -0.25) is 4.72 Å². The lowest BCUT2D eigenvalue weighted by molar-refractivity contribution is 0.600. The minimum Gasteiger partial charge on any atom is -0.359 e. The smallest absolute Gasteiger partial charge is 0.232 e. The number of fused-ring (bicyclic) bond motifs is 1. The lowest BCUT2D eigenvalue weighted by atomic mass is 10.2. The normalized spacial score (nSPS) is 11.8. The molecule has 86 valence electrons. The summed E-state index contributed by atoms with van der Waals surface area (Å²) in [6.07, 6.45) is 2.40. The summed E-state index contributed by atoms with van der Waals surface area (Å²) in [5, 5.41) is 0.997. The Morgan fingerprint density at radius 1 is 1.31 bits per heavy atom. The number of aromatic amines is 1. The molecule has 0 bridgehead atoms. The number of sulfonamides is 1. The molecule has 0 saturated heterocycles. The first-order chi connectivity index (χ1) is 7.62. The minimum atomic E-state index is -3.22. The summed E-state index contributed by atoms with van der Waals surface area (Å²) in [7, 11) is -3.22. The van der Waals surface area contributed by atoms with Gasteiger partial charge in [-0.05, 0) is 18.6 Å². The quantitative estimate of drug-likeness (QED) is 0.858. The fraction of sp³-hybridized carbons (Fsp3) is 0.273. The Labute approximate surface area is 94.7 Å². The molecule has 2 N–H and O–H groups in total. The van der Waals surface area contributed by atoms with E-state index in [-0.39, 0.29) is 5.75 Å². The standard InChI is InChI=1S/C11H14N2O2S/c1-2-8-16(14,15)13-10-5-3-4-9-6-7-12-11(9)10/h3-7,12-13H,2,8H2,1H3. The van der Waals surface area contributed by atoms with E-state index in [1.54, 1.807) is 12.3 Å². The highest BCUT2D eigenvalue weighted by Gasteiger charge is 2.10. The second-order valence-corrected chi connectivity index (χ2v) is 5.51. The molecular weight excluding hydrogens is 224 g/mol. The first kappa shape index (κ1) is 11.0. The topological polar surface area (TPSA) is 62.0 Å². The Morgan fingerprint density at radius 3 is 2.88 bits per heavy atom. The lowest BCUT2D eigenvalue weighted by Crippen LogP contribution is -2.16. The molecule has 5 heteroatoms. The molecule has 0 amide bonds. The van der Waals surface area contributed by atoms with Gasteiger partial charge in [-0.25, -0.2) is 8.42 Å². The van der Waals surface area contributed by atoms with Crippen molar-refractivity contribution < 1.29 is 8.42 Å². The number of nitrogens with one attached hydrogen (secondary N) is 2. The maximum Gasteiger partial charge on any atom is 0.232 e. The van der Waals surface area contributed by atoms with Crippen LogP contribution in [0.4, 0.5) is 5.69 Å². The molecule has 2 aromatic rings. The van der Waals surface area contributed by atoms with Crippen LogP contribution < -0.4 is 4.72 Å². The third-order valence-electron chi connectivity index (χ3n) is 2.33. The van der Waals surface area contributed by atoms with Gasteiger partial charge in [-0.2, -0.15) is 0 Å². The van der Waals surface area contributed by atoms with Gasteiger partial charge in [0.05, 0.1) is 17.0 Å². The molecule has 0 unspecified atom stereocenters. The van der Waals surface area contributed by atoms with Crippen LogP contribution in [0.15, 0.2) is 30.5 Å². The van der Waals surface area contributed by atoms with E-state index in [1.807, 2.05) is 25.1 Å². The maximum atomic E-state index is 11.6. The van der Waals surface area contributed by atoms with Gasteiger partial charge in [0.1, 0.15) is 0 Å². The molecule has 1 heterocycles. The molecule has 1 aromatic heterocycles. The molecule has 0 aliphatic heterocycles. The highest BCUT2D eigenvalue weighted by Crippen LogP contribution is 2.22. The van der Waals surface area contributed by atoms with E-state index in [2.05, 4.69) is 9.71 Å². The van der Waals surface area contributed by atoms with Crippen LogP contribution in [-0.4, -0.2) is 19.2 Å². The van der Waals surface area contributed by atoms with Crippen molar-refractivity contribution in [3.8, 4) is 0 Å². The average Bonchev–Trinajstić information content (AvgIpc) is 2.65. The van der Waals surface area contributed by atoms with E-state index >= 15 is 0 Å². The molecule has 1 aromatic carbocycles. The van der Waals surface area contributed by atoms with Crippen molar-refractivity contribution >= 4 is 26.6 Å². The van der Waals surface area contributed by atoms with Gasteiger partial charge in [0.25, 0.3) is 0 Å². The van der Waals surface area contributed by atoms with Gasteiger partial charge in [0.2, 0.25) is 10.0 Å². The van der Waals surface area contributed by atoms with Gasteiger partial charge in [-0.1, -0.05) is 19.1 Å². The van der Waals surface area contributed by atoms with Crippen LogP contribution >= 0.6 is 0 Å². The van der Waals surface area contributed by atoms with E-state index in [1.165, 1.54) is 0 Å². The molecule has 0 fully saturated rings. The van der Waals surface area contributed by atoms with Crippen molar-refractivity contribution in [1.82, 2.24) is 4.98 Å². The Kier molecular flexibility index (Phi) is 2.87. The zero-order valence-electron chi connectivity index (χ0n) is 9.03. The van der Waals surface area contributed by atoms with Crippen LogP contribution in [0.25, 0.3) is 10.9 Å². The van der Waals surface area contributed by atoms with Gasteiger partial charge < -0.3 is 4.98 Å². The summed E-state index contributed by atoms with van der Waals surface area (Å²) in [6.45, 7) is 1.84. The number of H-pyrrole nitrogens is 1. The summed E-state index contributed by atoms with van der Waals surface area (Å²) < 4.78 is 25.9. The summed E-state index contributed by atoms with van der Waals surface area (Å²) in [5.74, 6) is 0.143. The predicted octanol–water partition coefficient (Wildman–Crippen LogP) is 2.32. The van der Waals surface area contributed by atoms with Crippen molar-refractivity contribution in [2.24, 2.45) is 0 Å². The van der Waals surface area contributed by atoms with Crippen LogP contribution in [0.1, 0.15) is 13.3 Å². The molecule has 0 radical (unpaired) electrons. The van der Waals surface area contributed by atoms with Crippen LogP contribution in [-0.2, 0) is 10.0 Å². The van der Waals surface area contributed by atoms with Crippen LogP contribution in [0.3, 0.4) is 0 Å². The zero-order valence-corrected chi connectivity index (χ0v) is 9.84. The Bertz CT molecular complexity index is 587. The zero-order chi connectivity index (χ0) is 11.6. The number of anilines is 1. The molecule has 0 saturated carbocycles. The minimum absolute atomic E-state index is 0.143. The summed E-state index contributed by atoms with van der Waals surface area (Å²) in [4.78, 5) is 3.03. The second-order valence-electron chi connectivity index (χ2n) is 3.67. The van der Waals surface area contributed by atoms with Crippen molar-refractivity contribution in [3.63, 3.8) is 0 Å². The maximum absolute atomic E-state index is 11.6.